The molecular formula is C17H16O4. The zero-order chi connectivity index (χ0) is 15.1. The van der Waals surface area contributed by atoms with E-state index in [1.165, 1.54) is 6.07 Å². The minimum atomic E-state index is -0.00417. The number of carbonyl (C=O) groups excluding carboxylic acids is 1. The van der Waals surface area contributed by atoms with Gasteiger partial charge in [0.05, 0.1) is 12.7 Å². The Balaban J connectivity index is 2.33. The van der Waals surface area contributed by atoms with E-state index in [2.05, 4.69) is 0 Å². The molecular weight excluding hydrogens is 268 g/mol. The normalized spacial score (nSPS) is 12.5. The van der Waals surface area contributed by atoms with E-state index >= 15 is 0 Å². The lowest BCUT2D eigenvalue weighted by molar-refractivity contribution is 0.112. The van der Waals surface area contributed by atoms with Crippen LogP contribution in [0.25, 0.3) is 11.1 Å². The van der Waals surface area contributed by atoms with Crippen molar-refractivity contribution in [2.24, 2.45) is 0 Å². The lowest BCUT2D eigenvalue weighted by atomic mass is 9.82. The van der Waals surface area contributed by atoms with E-state index in [9.17, 15) is 15.0 Å². The Kier molecular flexibility index (Phi) is 3.09. The topological polar surface area (TPSA) is 66.8 Å². The quantitative estimate of drug-likeness (QED) is 0.832. The number of ether oxygens (including phenoxy) is 1. The summed E-state index contributed by atoms with van der Waals surface area (Å²) in [5.74, 6) is 0.853. The minimum Gasteiger partial charge on any atom is -0.507 e. The second-order valence-corrected chi connectivity index (χ2v) is 5.22. The van der Waals surface area contributed by atoms with E-state index in [1.807, 2.05) is 13.0 Å². The number of benzene rings is 2. The summed E-state index contributed by atoms with van der Waals surface area (Å²) in [6, 6.07) is 5.18. The van der Waals surface area contributed by atoms with Gasteiger partial charge in [0.1, 0.15) is 17.2 Å². The van der Waals surface area contributed by atoms with Crippen LogP contribution in [0.4, 0.5) is 0 Å². The van der Waals surface area contributed by atoms with Gasteiger partial charge in [-0.25, -0.2) is 0 Å². The number of fused-ring (bicyclic) bond motifs is 3. The number of methoxy groups -OCH3 is 1. The molecule has 0 unspecified atom stereocenters. The molecule has 4 nitrogen and oxygen atoms in total. The Morgan fingerprint density at radius 2 is 1.86 bits per heavy atom. The van der Waals surface area contributed by atoms with Crippen molar-refractivity contribution < 1.29 is 19.7 Å². The van der Waals surface area contributed by atoms with Crippen molar-refractivity contribution >= 4 is 6.29 Å². The zero-order valence-corrected chi connectivity index (χ0v) is 11.9. The highest BCUT2D eigenvalue weighted by atomic mass is 16.5. The Morgan fingerprint density at radius 3 is 2.52 bits per heavy atom. The predicted molar refractivity (Wildman–Crippen MR) is 79.3 cm³/mol. The van der Waals surface area contributed by atoms with E-state index in [-0.39, 0.29) is 11.5 Å². The average molecular weight is 284 g/mol. The van der Waals surface area contributed by atoms with E-state index in [4.69, 9.17) is 4.74 Å². The number of rotatable bonds is 2. The van der Waals surface area contributed by atoms with Gasteiger partial charge in [-0.15, -0.1) is 0 Å². The molecule has 2 N–H and O–H groups in total. The molecule has 0 spiro atoms. The van der Waals surface area contributed by atoms with Gasteiger partial charge in [-0.2, -0.15) is 0 Å². The Hall–Kier alpha value is -2.49. The fraction of sp³-hybridized carbons (Fsp3) is 0.235. The zero-order valence-electron chi connectivity index (χ0n) is 11.9. The molecule has 0 saturated carbocycles. The van der Waals surface area contributed by atoms with Gasteiger partial charge >= 0.3 is 0 Å². The van der Waals surface area contributed by atoms with Crippen LogP contribution < -0.4 is 4.74 Å². The first-order valence-corrected chi connectivity index (χ1v) is 6.78. The van der Waals surface area contributed by atoms with Crippen molar-refractivity contribution in [2.45, 2.75) is 19.8 Å². The van der Waals surface area contributed by atoms with E-state index in [0.717, 1.165) is 22.3 Å². The molecule has 4 heteroatoms. The lowest BCUT2D eigenvalue weighted by Crippen LogP contribution is -2.08. The maximum absolute atomic E-state index is 11.2. The molecule has 0 fully saturated rings. The molecule has 0 saturated heterocycles. The first-order chi connectivity index (χ1) is 10.1. The van der Waals surface area contributed by atoms with Gasteiger partial charge in [-0.1, -0.05) is 6.07 Å². The van der Waals surface area contributed by atoms with Crippen LogP contribution in [0.2, 0.25) is 0 Å². The fourth-order valence-corrected chi connectivity index (χ4v) is 3.06. The van der Waals surface area contributed by atoms with Crippen LogP contribution in [0.1, 0.15) is 27.0 Å². The van der Waals surface area contributed by atoms with Gasteiger partial charge < -0.3 is 14.9 Å². The third-order valence-electron chi connectivity index (χ3n) is 4.20. The third kappa shape index (κ3) is 1.87. The highest BCUT2D eigenvalue weighted by Gasteiger charge is 2.25. The van der Waals surface area contributed by atoms with Crippen LogP contribution in [-0.2, 0) is 12.8 Å². The summed E-state index contributed by atoms with van der Waals surface area (Å²) in [5, 5.41) is 20.2. The number of carbonyl (C=O) groups is 1. The summed E-state index contributed by atoms with van der Waals surface area (Å²) in [7, 11) is 1.56. The first-order valence-electron chi connectivity index (χ1n) is 6.78. The molecule has 2 aromatic rings. The van der Waals surface area contributed by atoms with Crippen molar-refractivity contribution in [3.05, 3.63) is 40.5 Å². The largest absolute Gasteiger partial charge is 0.507 e. The monoisotopic (exact) mass is 284 g/mol. The molecule has 1 aliphatic rings. The van der Waals surface area contributed by atoms with Gasteiger partial charge in [0.15, 0.2) is 6.29 Å². The van der Waals surface area contributed by atoms with Crippen LogP contribution in [0.15, 0.2) is 18.2 Å². The summed E-state index contributed by atoms with van der Waals surface area (Å²) >= 11 is 0. The summed E-state index contributed by atoms with van der Waals surface area (Å²) < 4.78 is 5.31. The van der Waals surface area contributed by atoms with E-state index in [0.29, 0.717) is 36.0 Å². The Morgan fingerprint density at radius 1 is 1.14 bits per heavy atom. The maximum atomic E-state index is 11.2. The number of aldehydes is 1. The Labute approximate surface area is 122 Å². The summed E-state index contributed by atoms with van der Waals surface area (Å²) in [4.78, 5) is 11.2. The molecule has 0 atom stereocenters. The van der Waals surface area contributed by atoms with E-state index in [1.54, 1.807) is 13.2 Å². The Bertz CT molecular complexity index is 747. The number of phenols is 2. The van der Waals surface area contributed by atoms with Gasteiger partial charge in [-0.3, -0.25) is 4.79 Å². The van der Waals surface area contributed by atoms with Gasteiger partial charge in [-0.05, 0) is 48.6 Å². The van der Waals surface area contributed by atoms with Crippen molar-refractivity contribution in [3.8, 4) is 28.4 Å². The molecule has 0 aliphatic heterocycles. The van der Waals surface area contributed by atoms with Crippen molar-refractivity contribution in [2.75, 3.05) is 7.11 Å². The molecule has 0 radical (unpaired) electrons. The van der Waals surface area contributed by atoms with Crippen LogP contribution in [0.5, 0.6) is 17.2 Å². The SMILES string of the molecule is COc1cc2c(c(O)c1C)CCc1c-2ccc(O)c1C=O. The highest BCUT2D eigenvalue weighted by molar-refractivity contribution is 5.89. The molecule has 3 rings (SSSR count). The molecule has 108 valence electrons. The van der Waals surface area contributed by atoms with Crippen LogP contribution in [0, 0.1) is 6.92 Å². The molecule has 0 heterocycles. The first kappa shape index (κ1) is 13.5. The summed E-state index contributed by atoms with van der Waals surface area (Å²) in [6.07, 6.45) is 1.93. The van der Waals surface area contributed by atoms with Gasteiger partial charge in [0.2, 0.25) is 0 Å². The number of hydrogen-bond acceptors (Lipinski definition) is 4. The van der Waals surface area contributed by atoms with Crippen LogP contribution in [-0.4, -0.2) is 23.6 Å². The highest BCUT2D eigenvalue weighted by Crippen LogP contribution is 2.44. The fourth-order valence-electron chi connectivity index (χ4n) is 3.06. The van der Waals surface area contributed by atoms with Crippen molar-refractivity contribution in [1.29, 1.82) is 0 Å². The van der Waals surface area contributed by atoms with Crippen LogP contribution >= 0.6 is 0 Å². The third-order valence-corrected chi connectivity index (χ3v) is 4.20. The minimum absolute atomic E-state index is 0.00417. The molecule has 21 heavy (non-hydrogen) atoms. The van der Waals surface area contributed by atoms with E-state index < -0.39 is 0 Å². The van der Waals surface area contributed by atoms with Gasteiger partial charge in [0, 0.05) is 11.1 Å². The predicted octanol–water partition coefficient (Wildman–Crippen LogP) is 2.99. The number of phenolic OH excluding ortho intramolecular Hbond substituents is 2. The summed E-state index contributed by atoms with van der Waals surface area (Å²) in [5.41, 5.74) is 4.46. The number of hydrogen-bond donors (Lipinski definition) is 2. The molecule has 0 amide bonds. The second kappa shape index (κ2) is 4.81. The van der Waals surface area contributed by atoms with Crippen molar-refractivity contribution in [1.82, 2.24) is 0 Å². The maximum Gasteiger partial charge on any atom is 0.154 e. The van der Waals surface area contributed by atoms with Crippen LogP contribution in [0.3, 0.4) is 0 Å². The number of aromatic hydroxyl groups is 2. The van der Waals surface area contributed by atoms with Crippen molar-refractivity contribution in [3.63, 3.8) is 0 Å². The molecule has 1 aliphatic carbocycles. The van der Waals surface area contributed by atoms with Gasteiger partial charge in [0.25, 0.3) is 0 Å². The average Bonchev–Trinajstić information content (AvgIpc) is 2.50. The smallest absolute Gasteiger partial charge is 0.154 e. The summed E-state index contributed by atoms with van der Waals surface area (Å²) in [6.45, 7) is 1.82. The second-order valence-electron chi connectivity index (χ2n) is 5.22. The molecule has 0 bridgehead atoms. The standard InChI is InChI=1S/C17H16O4/c1-9-16(21-2)7-13-10-5-6-15(19)14(8-18)11(10)3-4-12(13)17(9)20/h5-8,19-20H,3-4H2,1-2H3. The molecule has 2 aromatic carbocycles. The lowest BCUT2D eigenvalue weighted by Gasteiger charge is -2.24. The molecule has 0 aromatic heterocycles.